The number of amides is 1. The molecule has 0 spiro atoms. The van der Waals surface area contributed by atoms with Crippen molar-refractivity contribution in [3.05, 3.63) is 32.8 Å². The van der Waals surface area contributed by atoms with Gasteiger partial charge in [0.25, 0.3) is 11.6 Å². The number of nitrogens with one attached hydrogen (secondary N) is 2. The largest absolute Gasteiger partial charge is 0.382 e. The lowest BCUT2D eigenvalue weighted by Gasteiger charge is -2.25. The third kappa shape index (κ3) is 4.30. The average molecular weight is 316 g/mol. The van der Waals surface area contributed by atoms with Crippen molar-refractivity contribution in [3.8, 4) is 0 Å². The number of halogens is 1. The van der Waals surface area contributed by atoms with E-state index in [1.165, 1.54) is 26.3 Å². The van der Waals surface area contributed by atoms with E-state index < -0.39 is 16.4 Å². The summed E-state index contributed by atoms with van der Waals surface area (Å²) in [6.45, 7) is 3.88. The minimum atomic E-state index is -0.602. The quantitative estimate of drug-likeness (QED) is 0.621. The number of rotatable bonds is 6. The maximum Gasteiger partial charge on any atom is 0.294 e. The first-order chi connectivity index (χ1) is 9.71. The van der Waals surface area contributed by atoms with E-state index in [0.717, 1.165) is 0 Å². The highest BCUT2D eigenvalue weighted by atomic mass is 35.5. The van der Waals surface area contributed by atoms with Crippen LogP contribution in [0.1, 0.15) is 24.2 Å². The highest BCUT2D eigenvalue weighted by molar-refractivity contribution is 6.34. The van der Waals surface area contributed by atoms with Crippen molar-refractivity contribution in [1.82, 2.24) is 5.32 Å². The van der Waals surface area contributed by atoms with Gasteiger partial charge in [0.15, 0.2) is 0 Å². The third-order valence-corrected chi connectivity index (χ3v) is 3.03. The molecule has 7 nitrogen and oxygen atoms in total. The van der Waals surface area contributed by atoms with Gasteiger partial charge in [0.1, 0.15) is 5.69 Å². The molecule has 0 radical (unpaired) electrons. The zero-order chi connectivity index (χ0) is 16.2. The van der Waals surface area contributed by atoms with Gasteiger partial charge in [0.2, 0.25) is 0 Å². The molecule has 0 atom stereocenters. The van der Waals surface area contributed by atoms with Gasteiger partial charge in [0, 0.05) is 25.8 Å². The number of nitro groups is 1. The van der Waals surface area contributed by atoms with Crippen molar-refractivity contribution < 1.29 is 14.5 Å². The Bertz CT molecular complexity index is 561. The predicted molar refractivity (Wildman–Crippen MR) is 81.1 cm³/mol. The Kier molecular flexibility index (Phi) is 5.51. The summed E-state index contributed by atoms with van der Waals surface area (Å²) in [5.74, 6) is -0.454. The lowest BCUT2D eigenvalue weighted by Crippen LogP contribution is -2.46. The molecule has 116 valence electrons. The van der Waals surface area contributed by atoms with Gasteiger partial charge in [0.05, 0.1) is 22.1 Å². The molecule has 8 heteroatoms. The van der Waals surface area contributed by atoms with Crippen LogP contribution in [0.3, 0.4) is 0 Å². The van der Waals surface area contributed by atoms with Gasteiger partial charge in [-0.1, -0.05) is 11.6 Å². The Hall–Kier alpha value is -1.86. The Labute approximate surface area is 127 Å². The SMILES string of the molecule is CNc1c(Cl)cc(C(=O)NC(C)(C)COC)cc1[N+](=O)[O-]. The van der Waals surface area contributed by atoms with E-state index in [4.69, 9.17) is 16.3 Å². The van der Waals surface area contributed by atoms with Crippen LogP contribution >= 0.6 is 11.6 Å². The van der Waals surface area contributed by atoms with Crippen molar-refractivity contribution in [3.63, 3.8) is 0 Å². The molecular weight excluding hydrogens is 298 g/mol. The Balaban J connectivity index is 3.14. The number of hydrogen-bond acceptors (Lipinski definition) is 5. The summed E-state index contributed by atoms with van der Waals surface area (Å²) >= 11 is 5.98. The van der Waals surface area contributed by atoms with Gasteiger partial charge in [-0.15, -0.1) is 0 Å². The summed E-state index contributed by atoms with van der Waals surface area (Å²) < 4.78 is 5.01. The molecule has 0 aliphatic rings. The molecule has 0 bridgehead atoms. The van der Waals surface area contributed by atoms with Gasteiger partial charge in [-0.25, -0.2) is 0 Å². The smallest absolute Gasteiger partial charge is 0.294 e. The summed E-state index contributed by atoms with van der Waals surface area (Å²) in [4.78, 5) is 22.7. The molecule has 1 aromatic carbocycles. The zero-order valence-corrected chi connectivity index (χ0v) is 13.1. The molecule has 0 aliphatic carbocycles. The van der Waals surface area contributed by atoms with Crippen molar-refractivity contribution in [2.45, 2.75) is 19.4 Å². The van der Waals surface area contributed by atoms with Crippen LogP contribution in [0.2, 0.25) is 5.02 Å². The minimum absolute atomic E-state index is 0.112. The second kappa shape index (κ2) is 6.73. The van der Waals surface area contributed by atoms with E-state index in [9.17, 15) is 14.9 Å². The second-order valence-corrected chi connectivity index (χ2v) is 5.54. The van der Waals surface area contributed by atoms with Crippen LogP contribution in [0.25, 0.3) is 0 Å². The normalized spacial score (nSPS) is 11.1. The zero-order valence-electron chi connectivity index (χ0n) is 12.3. The highest BCUT2D eigenvalue weighted by Crippen LogP contribution is 2.33. The first-order valence-corrected chi connectivity index (χ1v) is 6.57. The lowest BCUT2D eigenvalue weighted by molar-refractivity contribution is -0.383. The summed E-state index contributed by atoms with van der Waals surface area (Å²) in [5.41, 5.74) is -0.557. The summed E-state index contributed by atoms with van der Waals surface area (Å²) in [6.07, 6.45) is 0. The molecule has 0 aromatic heterocycles. The number of ether oxygens (including phenoxy) is 1. The first-order valence-electron chi connectivity index (χ1n) is 6.19. The fourth-order valence-electron chi connectivity index (χ4n) is 1.89. The number of anilines is 1. The number of nitrogens with zero attached hydrogens (tertiary/aromatic N) is 1. The molecule has 1 amide bonds. The maximum absolute atomic E-state index is 12.2. The topological polar surface area (TPSA) is 93.5 Å². The summed E-state index contributed by atoms with van der Waals surface area (Å²) in [6, 6.07) is 2.58. The fraction of sp³-hybridized carbons (Fsp3) is 0.462. The van der Waals surface area contributed by atoms with Gasteiger partial charge >= 0.3 is 0 Å². The number of nitro benzene ring substituents is 1. The van der Waals surface area contributed by atoms with Crippen molar-refractivity contribution in [2.24, 2.45) is 0 Å². The van der Waals surface area contributed by atoms with Crippen molar-refractivity contribution in [1.29, 1.82) is 0 Å². The summed E-state index contributed by atoms with van der Waals surface area (Å²) in [5, 5.41) is 16.6. The molecule has 21 heavy (non-hydrogen) atoms. The van der Waals surface area contributed by atoms with E-state index in [2.05, 4.69) is 10.6 Å². The predicted octanol–water partition coefficient (Wildman–Crippen LogP) is 2.44. The van der Waals surface area contributed by atoms with Gasteiger partial charge < -0.3 is 15.4 Å². The molecule has 0 unspecified atom stereocenters. The van der Waals surface area contributed by atoms with Crippen LogP contribution in [-0.2, 0) is 4.74 Å². The van der Waals surface area contributed by atoms with Gasteiger partial charge in [-0.2, -0.15) is 0 Å². The van der Waals surface area contributed by atoms with E-state index in [0.29, 0.717) is 6.61 Å². The molecule has 0 fully saturated rings. The molecule has 1 rings (SSSR count). The van der Waals surface area contributed by atoms with Crippen LogP contribution in [0, 0.1) is 10.1 Å². The Morgan fingerprint density at radius 3 is 2.57 bits per heavy atom. The number of benzene rings is 1. The van der Waals surface area contributed by atoms with Gasteiger partial charge in [-0.05, 0) is 19.9 Å². The minimum Gasteiger partial charge on any atom is -0.382 e. The maximum atomic E-state index is 12.2. The molecule has 0 saturated carbocycles. The fourth-order valence-corrected chi connectivity index (χ4v) is 2.20. The number of carbonyl (C=O) groups excluding carboxylic acids is 1. The van der Waals surface area contributed by atoms with E-state index in [1.807, 2.05) is 0 Å². The molecule has 2 N–H and O–H groups in total. The average Bonchev–Trinajstić information content (AvgIpc) is 2.36. The first kappa shape index (κ1) is 17.2. The highest BCUT2D eigenvalue weighted by Gasteiger charge is 2.25. The molecule has 0 saturated heterocycles. The number of methoxy groups -OCH3 is 1. The van der Waals surface area contributed by atoms with Crippen molar-refractivity contribution >= 4 is 28.9 Å². The van der Waals surface area contributed by atoms with E-state index in [-0.39, 0.29) is 22.0 Å². The standard InChI is InChI=1S/C13H18ClN3O4/c1-13(2,7-21-4)16-12(18)8-5-9(14)11(15-3)10(6-8)17(19)20/h5-6,15H,7H2,1-4H3,(H,16,18). The van der Waals surface area contributed by atoms with E-state index in [1.54, 1.807) is 13.8 Å². The monoisotopic (exact) mass is 315 g/mol. The molecule has 0 heterocycles. The summed E-state index contributed by atoms with van der Waals surface area (Å²) in [7, 11) is 3.05. The second-order valence-electron chi connectivity index (χ2n) is 5.13. The Morgan fingerprint density at radius 2 is 2.10 bits per heavy atom. The van der Waals surface area contributed by atoms with Crippen LogP contribution in [-0.4, -0.2) is 37.1 Å². The van der Waals surface area contributed by atoms with E-state index >= 15 is 0 Å². The lowest BCUT2D eigenvalue weighted by atomic mass is 10.1. The van der Waals surface area contributed by atoms with Crippen LogP contribution in [0.4, 0.5) is 11.4 Å². The van der Waals surface area contributed by atoms with Crippen LogP contribution < -0.4 is 10.6 Å². The molecule has 0 aliphatic heterocycles. The van der Waals surface area contributed by atoms with Crippen LogP contribution in [0.5, 0.6) is 0 Å². The molecular formula is C13H18ClN3O4. The number of carbonyl (C=O) groups is 1. The third-order valence-electron chi connectivity index (χ3n) is 2.74. The van der Waals surface area contributed by atoms with Crippen molar-refractivity contribution in [2.75, 3.05) is 26.1 Å². The Morgan fingerprint density at radius 1 is 1.48 bits per heavy atom. The molecule has 1 aromatic rings. The van der Waals surface area contributed by atoms with Crippen LogP contribution in [0.15, 0.2) is 12.1 Å². The number of hydrogen-bond donors (Lipinski definition) is 2. The van der Waals surface area contributed by atoms with Gasteiger partial charge in [-0.3, -0.25) is 14.9 Å².